The van der Waals surface area contributed by atoms with Crippen LogP contribution in [0.2, 0.25) is 0 Å². The summed E-state index contributed by atoms with van der Waals surface area (Å²) in [6, 6.07) is 13.7. The van der Waals surface area contributed by atoms with E-state index in [4.69, 9.17) is 0 Å². The maximum Gasteiger partial charge on any atom is 0.258 e. The molecule has 0 aliphatic heterocycles. The predicted octanol–water partition coefficient (Wildman–Crippen LogP) is 4.40. The Morgan fingerprint density at radius 3 is 2.32 bits per heavy atom. The molecule has 3 aromatic rings. The Morgan fingerprint density at radius 2 is 1.64 bits per heavy atom. The Kier molecular flexibility index (Phi) is 4.75. The number of aryl methyl sites for hydroxylation is 3. The number of rotatable bonds is 4. The number of nitrogens with zero attached hydrogens (tertiary/aromatic N) is 2. The third-order valence-corrected chi connectivity index (χ3v) is 3.95. The SMILES string of the molecule is Cc1cccc(NC(=O)c2cnc(Nc3ccc(C)c(C)c3)nc2)c1. The van der Waals surface area contributed by atoms with E-state index < -0.39 is 0 Å². The van der Waals surface area contributed by atoms with Gasteiger partial charge in [0.2, 0.25) is 5.95 Å². The van der Waals surface area contributed by atoms with Gasteiger partial charge in [-0.2, -0.15) is 0 Å². The van der Waals surface area contributed by atoms with E-state index in [9.17, 15) is 4.79 Å². The van der Waals surface area contributed by atoms with Gasteiger partial charge in [0.05, 0.1) is 5.56 Å². The molecule has 0 saturated carbocycles. The number of benzene rings is 2. The molecule has 0 unspecified atom stereocenters. The van der Waals surface area contributed by atoms with Gasteiger partial charge in [-0.1, -0.05) is 18.2 Å². The third-order valence-electron chi connectivity index (χ3n) is 3.95. The van der Waals surface area contributed by atoms with Gasteiger partial charge in [-0.25, -0.2) is 9.97 Å². The molecule has 0 saturated heterocycles. The second-order valence-corrected chi connectivity index (χ2v) is 6.04. The van der Waals surface area contributed by atoms with Gasteiger partial charge < -0.3 is 10.6 Å². The van der Waals surface area contributed by atoms with E-state index in [0.29, 0.717) is 11.5 Å². The monoisotopic (exact) mass is 332 g/mol. The molecule has 1 aromatic heterocycles. The molecule has 0 fully saturated rings. The Bertz CT molecular complexity index is 904. The molecule has 2 N–H and O–H groups in total. The molecule has 3 rings (SSSR count). The zero-order valence-corrected chi connectivity index (χ0v) is 14.5. The Hall–Kier alpha value is -3.21. The maximum atomic E-state index is 12.3. The van der Waals surface area contributed by atoms with Gasteiger partial charge in [0.15, 0.2) is 0 Å². The minimum Gasteiger partial charge on any atom is -0.324 e. The van der Waals surface area contributed by atoms with Crippen molar-refractivity contribution in [2.45, 2.75) is 20.8 Å². The van der Waals surface area contributed by atoms with E-state index in [0.717, 1.165) is 16.9 Å². The van der Waals surface area contributed by atoms with Gasteiger partial charge in [-0.15, -0.1) is 0 Å². The van der Waals surface area contributed by atoms with Crippen LogP contribution in [0.4, 0.5) is 17.3 Å². The van der Waals surface area contributed by atoms with Crippen LogP contribution >= 0.6 is 0 Å². The highest BCUT2D eigenvalue weighted by molar-refractivity contribution is 6.03. The highest BCUT2D eigenvalue weighted by atomic mass is 16.1. The van der Waals surface area contributed by atoms with E-state index >= 15 is 0 Å². The standard InChI is InChI=1S/C20H20N4O/c1-13-5-4-6-17(9-13)23-19(25)16-11-21-20(22-12-16)24-18-8-7-14(2)15(3)10-18/h4-12H,1-3H3,(H,23,25)(H,21,22,24). The van der Waals surface area contributed by atoms with E-state index in [-0.39, 0.29) is 5.91 Å². The molecular formula is C20H20N4O. The van der Waals surface area contributed by atoms with Crippen LogP contribution in [0.3, 0.4) is 0 Å². The molecule has 25 heavy (non-hydrogen) atoms. The minimum absolute atomic E-state index is 0.233. The average molecular weight is 332 g/mol. The van der Waals surface area contributed by atoms with Crippen molar-refractivity contribution in [1.29, 1.82) is 0 Å². The number of anilines is 3. The van der Waals surface area contributed by atoms with Crippen LogP contribution in [0.15, 0.2) is 54.9 Å². The minimum atomic E-state index is -0.233. The molecule has 0 aliphatic carbocycles. The summed E-state index contributed by atoms with van der Waals surface area (Å²) in [7, 11) is 0. The zero-order chi connectivity index (χ0) is 17.8. The molecule has 0 radical (unpaired) electrons. The van der Waals surface area contributed by atoms with Gasteiger partial charge in [0, 0.05) is 23.8 Å². The molecule has 0 aliphatic rings. The summed E-state index contributed by atoms with van der Waals surface area (Å²) < 4.78 is 0. The first-order valence-corrected chi connectivity index (χ1v) is 8.05. The lowest BCUT2D eigenvalue weighted by Gasteiger charge is -2.08. The van der Waals surface area contributed by atoms with Crippen molar-refractivity contribution in [2.75, 3.05) is 10.6 Å². The van der Waals surface area contributed by atoms with E-state index in [1.807, 2.05) is 49.4 Å². The van der Waals surface area contributed by atoms with Gasteiger partial charge in [-0.05, 0) is 61.7 Å². The quantitative estimate of drug-likeness (QED) is 0.743. The highest BCUT2D eigenvalue weighted by Gasteiger charge is 2.08. The second kappa shape index (κ2) is 7.13. The molecule has 0 bridgehead atoms. The maximum absolute atomic E-state index is 12.3. The number of amides is 1. The van der Waals surface area contributed by atoms with E-state index in [1.54, 1.807) is 0 Å². The molecule has 5 heteroatoms. The topological polar surface area (TPSA) is 66.9 Å². The smallest absolute Gasteiger partial charge is 0.258 e. The van der Waals surface area contributed by atoms with Crippen LogP contribution in [0.25, 0.3) is 0 Å². The van der Waals surface area contributed by atoms with Crippen molar-refractivity contribution in [3.63, 3.8) is 0 Å². The molecule has 5 nitrogen and oxygen atoms in total. The highest BCUT2D eigenvalue weighted by Crippen LogP contribution is 2.17. The summed E-state index contributed by atoms with van der Waals surface area (Å²) in [5.74, 6) is 0.221. The summed E-state index contributed by atoms with van der Waals surface area (Å²) in [5.41, 5.74) is 5.59. The van der Waals surface area contributed by atoms with Crippen molar-refractivity contribution in [1.82, 2.24) is 9.97 Å². The fourth-order valence-electron chi connectivity index (χ4n) is 2.38. The lowest BCUT2D eigenvalue weighted by atomic mass is 10.1. The first kappa shape index (κ1) is 16.6. The fraction of sp³-hybridized carbons (Fsp3) is 0.150. The summed E-state index contributed by atoms with van der Waals surface area (Å²) in [6.45, 7) is 6.10. The average Bonchev–Trinajstić information content (AvgIpc) is 2.59. The van der Waals surface area contributed by atoms with Crippen LogP contribution in [0.5, 0.6) is 0 Å². The largest absolute Gasteiger partial charge is 0.324 e. The lowest BCUT2D eigenvalue weighted by molar-refractivity contribution is 0.102. The number of hydrogen-bond donors (Lipinski definition) is 2. The molecule has 0 spiro atoms. The summed E-state index contributed by atoms with van der Waals surface area (Å²) in [6.07, 6.45) is 3.03. The molecule has 1 heterocycles. The summed E-state index contributed by atoms with van der Waals surface area (Å²) in [4.78, 5) is 20.7. The van der Waals surface area contributed by atoms with Gasteiger partial charge in [0.25, 0.3) is 5.91 Å². The lowest BCUT2D eigenvalue weighted by Crippen LogP contribution is -2.13. The van der Waals surface area contributed by atoms with Crippen LogP contribution in [-0.2, 0) is 0 Å². The molecule has 0 atom stereocenters. The second-order valence-electron chi connectivity index (χ2n) is 6.04. The zero-order valence-electron chi connectivity index (χ0n) is 14.5. The number of carbonyl (C=O) groups is 1. The number of aromatic nitrogens is 2. The first-order valence-electron chi connectivity index (χ1n) is 8.05. The molecule has 1 amide bonds. The van der Waals surface area contributed by atoms with Crippen LogP contribution in [0, 0.1) is 20.8 Å². The number of nitrogens with one attached hydrogen (secondary N) is 2. The van der Waals surface area contributed by atoms with Gasteiger partial charge in [-0.3, -0.25) is 4.79 Å². The van der Waals surface area contributed by atoms with Crippen molar-refractivity contribution in [2.24, 2.45) is 0 Å². The summed E-state index contributed by atoms with van der Waals surface area (Å²) >= 11 is 0. The van der Waals surface area contributed by atoms with Crippen LogP contribution < -0.4 is 10.6 Å². The van der Waals surface area contributed by atoms with Crippen molar-refractivity contribution >= 4 is 23.2 Å². The van der Waals surface area contributed by atoms with Gasteiger partial charge in [0.1, 0.15) is 0 Å². The Labute approximate surface area is 147 Å². The van der Waals surface area contributed by atoms with Crippen molar-refractivity contribution in [3.05, 3.63) is 77.1 Å². The molecular weight excluding hydrogens is 312 g/mol. The molecule has 126 valence electrons. The van der Waals surface area contributed by atoms with Crippen molar-refractivity contribution < 1.29 is 4.79 Å². The van der Waals surface area contributed by atoms with E-state index in [2.05, 4.69) is 34.4 Å². The Morgan fingerprint density at radius 1 is 0.880 bits per heavy atom. The number of hydrogen-bond acceptors (Lipinski definition) is 4. The Balaban J connectivity index is 1.69. The van der Waals surface area contributed by atoms with Gasteiger partial charge >= 0.3 is 0 Å². The van der Waals surface area contributed by atoms with E-state index in [1.165, 1.54) is 23.5 Å². The first-order chi connectivity index (χ1) is 12.0. The summed E-state index contributed by atoms with van der Waals surface area (Å²) in [5, 5.41) is 5.98. The number of carbonyl (C=O) groups excluding carboxylic acids is 1. The van der Waals surface area contributed by atoms with Crippen LogP contribution in [0.1, 0.15) is 27.0 Å². The molecule has 2 aromatic carbocycles. The fourth-order valence-corrected chi connectivity index (χ4v) is 2.38. The normalized spacial score (nSPS) is 10.4. The third kappa shape index (κ3) is 4.20. The van der Waals surface area contributed by atoms with Crippen LogP contribution in [-0.4, -0.2) is 15.9 Å². The predicted molar refractivity (Wildman–Crippen MR) is 100 cm³/mol. The van der Waals surface area contributed by atoms with Crippen molar-refractivity contribution in [3.8, 4) is 0 Å².